The Morgan fingerprint density at radius 3 is 1.61 bits per heavy atom. The van der Waals surface area contributed by atoms with Crippen molar-refractivity contribution in [2.45, 2.75) is 90.4 Å². The standard InChI is InChI=1S/C29H45NO/c1-2-3-4-5-6-7-8-9-10-11-12-13-14-15-16-17-18-19-23-26-29(31)30-27-28-24-21-20-22-25-28/h3-4,6-7,9-10,12-13,15-16,18-19,28H,2,5,8,11,14,17,20-27H2,1H3,(H,30,31)/b4-3+,7-6+,10-9+,13-12+,16-15+,19-18+. The number of rotatable bonds is 16. The quantitative estimate of drug-likeness (QED) is 0.249. The molecule has 0 spiro atoms. The van der Waals surface area contributed by atoms with Crippen LogP contribution >= 0.6 is 0 Å². The molecule has 1 amide bonds. The maximum Gasteiger partial charge on any atom is 0.220 e. The lowest BCUT2D eigenvalue weighted by Crippen LogP contribution is -2.29. The highest BCUT2D eigenvalue weighted by molar-refractivity contribution is 5.75. The molecule has 0 bridgehead atoms. The Morgan fingerprint density at radius 2 is 1.13 bits per heavy atom. The van der Waals surface area contributed by atoms with Gasteiger partial charge < -0.3 is 5.32 Å². The van der Waals surface area contributed by atoms with Gasteiger partial charge in [0, 0.05) is 13.0 Å². The van der Waals surface area contributed by atoms with Crippen molar-refractivity contribution >= 4 is 5.91 Å². The van der Waals surface area contributed by atoms with E-state index in [0.29, 0.717) is 12.3 Å². The van der Waals surface area contributed by atoms with E-state index in [4.69, 9.17) is 0 Å². The summed E-state index contributed by atoms with van der Waals surface area (Å²) in [5.74, 6) is 0.911. The molecule has 2 nitrogen and oxygen atoms in total. The molecule has 1 fully saturated rings. The van der Waals surface area contributed by atoms with Gasteiger partial charge in [0.1, 0.15) is 0 Å². The molecule has 1 aliphatic rings. The summed E-state index contributed by atoms with van der Waals surface area (Å²) < 4.78 is 0. The van der Waals surface area contributed by atoms with Crippen molar-refractivity contribution in [1.82, 2.24) is 5.32 Å². The average molecular weight is 424 g/mol. The third kappa shape index (κ3) is 18.4. The van der Waals surface area contributed by atoms with Crippen molar-refractivity contribution < 1.29 is 4.79 Å². The van der Waals surface area contributed by atoms with Crippen molar-refractivity contribution in [1.29, 1.82) is 0 Å². The Bertz CT molecular complexity index is 600. The second kappa shape index (κ2) is 21.2. The minimum absolute atomic E-state index is 0.199. The van der Waals surface area contributed by atoms with Crippen LogP contribution in [-0.2, 0) is 4.79 Å². The van der Waals surface area contributed by atoms with Crippen LogP contribution in [0.1, 0.15) is 90.4 Å². The lowest BCUT2D eigenvalue weighted by Gasteiger charge is -2.21. The van der Waals surface area contributed by atoms with E-state index < -0.39 is 0 Å². The van der Waals surface area contributed by atoms with Crippen molar-refractivity contribution in [3.63, 3.8) is 0 Å². The maximum atomic E-state index is 11.9. The zero-order valence-corrected chi connectivity index (χ0v) is 19.8. The molecule has 0 saturated heterocycles. The molecule has 1 rings (SSSR count). The highest BCUT2D eigenvalue weighted by atomic mass is 16.1. The lowest BCUT2D eigenvalue weighted by molar-refractivity contribution is -0.121. The van der Waals surface area contributed by atoms with Crippen molar-refractivity contribution in [2.75, 3.05) is 6.54 Å². The maximum absolute atomic E-state index is 11.9. The van der Waals surface area contributed by atoms with Crippen LogP contribution in [0.15, 0.2) is 72.9 Å². The molecule has 1 N–H and O–H groups in total. The highest BCUT2D eigenvalue weighted by Crippen LogP contribution is 2.22. The summed E-state index contributed by atoms with van der Waals surface area (Å²) in [4.78, 5) is 11.9. The zero-order valence-electron chi connectivity index (χ0n) is 19.8. The summed E-state index contributed by atoms with van der Waals surface area (Å²) in [7, 11) is 0. The lowest BCUT2D eigenvalue weighted by atomic mass is 9.89. The van der Waals surface area contributed by atoms with Crippen LogP contribution in [0.3, 0.4) is 0 Å². The summed E-state index contributed by atoms with van der Waals surface area (Å²) in [6.07, 6.45) is 40.6. The fourth-order valence-corrected chi connectivity index (χ4v) is 3.59. The van der Waals surface area contributed by atoms with Crippen LogP contribution in [-0.4, -0.2) is 12.5 Å². The van der Waals surface area contributed by atoms with Crippen molar-refractivity contribution in [2.24, 2.45) is 5.92 Å². The molecule has 1 aliphatic carbocycles. The number of nitrogens with one attached hydrogen (secondary N) is 1. The molecule has 0 aliphatic heterocycles. The Kier molecular flexibility index (Phi) is 18.4. The van der Waals surface area contributed by atoms with E-state index in [0.717, 1.165) is 51.5 Å². The van der Waals surface area contributed by atoms with Gasteiger partial charge in [-0.15, -0.1) is 0 Å². The van der Waals surface area contributed by atoms with Gasteiger partial charge in [-0.05, 0) is 63.7 Å². The first-order valence-electron chi connectivity index (χ1n) is 12.5. The molecule has 0 aromatic heterocycles. The summed E-state index contributed by atoms with van der Waals surface area (Å²) in [6.45, 7) is 3.04. The van der Waals surface area contributed by atoms with Gasteiger partial charge in [0.15, 0.2) is 0 Å². The molecular weight excluding hydrogens is 378 g/mol. The smallest absolute Gasteiger partial charge is 0.220 e. The molecule has 0 unspecified atom stereocenters. The summed E-state index contributed by atoms with van der Waals surface area (Å²) >= 11 is 0. The van der Waals surface area contributed by atoms with Crippen LogP contribution in [0.2, 0.25) is 0 Å². The fourth-order valence-electron chi connectivity index (χ4n) is 3.59. The number of allylic oxidation sites excluding steroid dienone is 12. The first-order valence-corrected chi connectivity index (χ1v) is 12.5. The number of hydrogen-bond donors (Lipinski definition) is 1. The number of amides is 1. The zero-order chi connectivity index (χ0) is 22.2. The third-order valence-electron chi connectivity index (χ3n) is 5.45. The van der Waals surface area contributed by atoms with Crippen LogP contribution in [0.25, 0.3) is 0 Å². The number of carbonyl (C=O) groups excluding carboxylic acids is 1. The van der Waals surface area contributed by atoms with Gasteiger partial charge in [-0.1, -0.05) is 99.1 Å². The van der Waals surface area contributed by atoms with E-state index in [1.807, 2.05) is 0 Å². The molecule has 31 heavy (non-hydrogen) atoms. The third-order valence-corrected chi connectivity index (χ3v) is 5.45. The van der Waals surface area contributed by atoms with Gasteiger partial charge in [-0.25, -0.2) is 0 Å². The SMILES string of the molecule is CC/C=C/C/C=C/C/C=C/C/C=C/C/C=C/C/C=C/CCC(=O)NCC1CCCCC1. The number of carbonyl (C=O) groups is 1. The van der Waals surface area contributed by atoms with Gasteiger partial charge in [0.05, 0.1) is 0 Å². The monoisotopic (exact) mass is 423 g/mol. The molecule has 2 heteroatoms. The van der Waals surface area contributed by atoms with Crippen LogP contribution in [0.4, 0.5) is 0 Å². The normalized spacial score (nSPS) is 16.3. The van der Waals surface area contributed by atoms with Gasteiger partial charge in [-0.3, -0.25) is 4.79 Å². The Hall–Kier alpha value is -2.09. The van der Waals surface area contributed by atoms with Crippen LogP contribution < -0.4 is 5.32 Å². The van der Waals surface area contributed by atoms with Crippen molar-refractivity contribution in [3.05, 3.63) is 72.9 Å². The van der Waals surface area contributed by atoms with Gasteiger partial charge in [0.25, 0.3) is 0 Å². The molecule has 172 valence electrons. The minimum atomic E-state index is 0.199. The Balaban J connectivity index is 1.93. The number of hydrogen-bond acceptors (Lipinski definition) is 1. The summed E-state index contributed by atoms with van der Waals surface area (Å²) in [6, 6.07) is 0. The van der Waals surface area contributed by atoms with E-state index in [-0.39, 0.29) is 5.91 Å². The molecule has 1 saturated carbocycles. The van der Waals surface area contributed by atoms with Gasteiger partial charge in [-0.2, -0.15) is 0 Å². The Morgan fingerprint density at radius 1 is 0.677 bits per heavy atom. The van der Waals surface area contributed by atoms with Crippen LogP contribution in [0, 0.1) is 5.92 Å². The van der Waals surface area contributed by atoms with E-state index in [1.165, 1.54) is 32.1 Å². The second-order valence-electron chi connectivity index (χ2n) is 8.26. The van der Waals surface area contributed by atoms with E-state index in [2.05, 4.69) is 85.2 Å². The largest absolute Gasteiger partial charge is 0.356 e. The molecule has 0 aromatic rings. The molecular formula is C29H45NO. The van der Waals surface area contributed by atoms with E-state index >= 15 is 0 Å². The molecule has 0 atom stereocenters. The molecule has 0 aromatic carbocycles. The topological polar surface area (TPSA) is 29.1 Å². The van der Waals surface area contributed by atoms with Gasteiger partial charge >= 0.3 is 0 Å². The van der Waals surface area contributed by atoms with E-state index in [9.17, 15) is 4.79 Å². The van der Waals surface area contributed by atoms with Gasteiger partial charge in [0.2, 0.25) is 5.91 Å². The second-order valence-corrected chi connectivity index (χ2v) is 8.26. The Labute approximate surface area is 192 Å². The van der Waals surface area contributed by atoms with E-state index in [1.54, 1.807) is 0 Å². The summed E-state index contributed by atoms with van der Waals surface area (Å²) in [5, 5.41) is 3.11. The predicted molar refractivity (Wildman–Crippen MR) is 137 cm³/mol. The molecule has 0 heterocycles. The van der Waals surface area contributed by atoms with Crippen molar-refractivity contribution in [3.8, 4) is 0 Å². The first kappa shape index (κ1) is 26.9. The first-order chi connectivity index (χ1) is 15.3. The highest BCUT2D eigenvalue weighted by Gasteiger charge is 2.13. The fraction of sp³-hybridized carbons (Fsp3) is 0.552. The minimum Gasteiger partial charge on any atom is -0.356 e. The van der Waals surface area contributed by atoms with Crippen LogP contribution in [0.5, 0.6) is 0 Å². The summed E-state index contributed by atoms with van der Waals surface area (Å²) in [5.41, 5.74) is 0. The molecule has 0 radical (unpaired) electrons. The predicted octanol–water partition coefficient (Wildman–Crippen LogP) is 8.16. The average Bonchev–Trinajstić information content (AvgIpc) is 2.80.